The van der Waals surface area contributed by atoms with E-state index < -0.39 is 15.9 Å². The van der Waals surface area contributed by atoms with Crippen molar-refractivity contribution >= 4 is 44.6 Å². The molecule has 8 heteroatoms. The van der Waals surface area contributed by atoms with E-state index in [0.29, 0.717) is 10.7 Å². The summed E-state index contributed by atoms with van der Waals surface area (Å²) in [6, 6.07) is 9.64. The average Bonchev–Trinajstić information content (AvgIpc) is 2.94. The van der Waals surface area contributed by atoms with Crippen LogP contribution in [0.25, 0.3) is 0 Å². The van der Waals surface area contributed by atoms with Crippen molar-refractivity contribution < 1.29 is 13.2 Å². The van der Waals surface area contributed by atoms with E-state index in [1.165, 1.54) is 6.07 Å². The van der Waals surface area contributed by atoms with Gasteiger partial charge in [-0.1, -0.05) is 17.7 Å². The van der Waals surface area contributed by atoms with Crippen molar-refractivity contribution in [2.75, 3.05) is 11.9 Å². The number of carbonyl (C=O) groups excluding carboxylic acids is 1. The molecular formula is C12H11ClN2O3S2. The van der Waals surface area contributed by atoms with Gasteiger partial charge in [0.25, 0.3) is 10.0 Å². The third-order valence-electron chi connectivity index (χ3n) is 2.31. The fourth-order valence-electron chi connectivity index (χ4n) is 1.39. The van der Waals surface area contributed by atoms with Crippen LogP contribution in [0.1, 0.15) is 0 Å². The molecule has 0 bridgehead atoms. The van der Waals surface area contributed by atoms with E-state index in [9.17, 15) is 13.2 Å². The molecule has 2 rings (SSSR count). The Morgan fingerprint density at radius 2 is 1.90 bits per heavy atom. The van der Waals surface area contributed by atoms with Gasteiger partial charge in [-0.05, 0) is 35.7 Å². The van der Waals surface area contributed by atoms with Crippen molar-refractivity contribution in [3.63, 3.8) is 0 Å². The predicted octanol–water partition coefficient (Wildman–Crippen LogP) is 2.32. The number of nitrogens with one attached hydrogen (secondary N) is 2. The largest absolute Gasteiger partial charge is 0.325 e. The summed E-state index contributed by atoms with van der Waals surface area (Å²) < 4.78 is 26.0. The van der Waals surface area contributed by atoms with Gasteiger partial charge in [0.15, 0.2) is 0 Å². The minimum atomic E-state index is -3.62. The molecule has 0 aliphatic rings. The predicted molar refractivity (Wildman–Crippen MR) is 79.6 cm³/mol. The lowest BCUT2D eigenvalue weighted by Crippen LogP contribution is -2.32. The lowest BCUT2D eigenvalue weighted by molar-refractivity contribution is -0.115. The number of carbonyl (C=O) groups is 1. The smallest absolute Gasteiger partial charge is 0.250 e. The molecular weight excluding hydrogens is 320 g/mol. The van der Waals surface area contributed by atoms with Crippen molar-refractivity contribution in [3.8, 4) is 0 Å². The molecule has 1 aromatic carbocycles. The number of sulfonamides is 1. The summed E-state index contributed by atoms with van der Waals surface area (Å²) in [5, 5.41) is 4.78. The summed E-state index contributed by atoms with van der Waals surface area (Å²) in [5.41, 5.74) is 0.551. The summed E-state index contributed by atoms with van der Waals surface area (Å²) in [7, 11) is -3.62. The van der Waals surface area contributed by atoms with Gasteiger partial charge in [-0.3, -0.25) is 4.79 Å². The summed E-state index contributed by atoms with van der Waals surface area (Å²) >= 11 is 6.81. The Kier molecular flexibility index (Phi) is 4.77. The topological polar surface area (TPSA) is 75.3 Å². The van der Waals surface area contributed by atoms with Crippen LogP contribution in [0.5, 0.6) is 0 Å². The zero-order valence-electron chi connectivity index (χ0n) is 10.2. The highest BCUT2D eigenvalue weighted by molar-refractivity contribution is 7.91. The van der Waals surface area contributed by atoms with Crippen LogP contribution in [-0.4, -0.2) is 20.9 Å². The molecule has 1 heterocycles. The molecule has 0 radical (unpaired) electrons. The Labute approximate surface area is 125 Å². The molecule has 0 saturated heterocycles. The van der Waals surface area contributed by atoms with Gasteiger partial charge in [0.2, 0.25) is 5.91 Å². The van der Waals surface area contributed by atoms with E-state index >= 15 is 0 Å². The maximum Gasteiger partial charge on any atom is 0.250 e. The first-order valence-electron chi connectivity index (χ1n) is 5.56. The standard InChI is InChI=1S/C12H11ClN2O3S2/c13-9-3-5-10(6-4-9)15-11(16)8-14-20(17,18)12-2-1-7-19-12/h1-7,14H,8H2,(H,15,16). The van der Waals surface area contributed by atoms with Crippen molar-refractivity contribution in [1.82, 2.24) is 4.72 Å². The second-order valence-electron chi connectivity index (χ2n) is 3.81. The van der Waals surface area contributed by atoms with Crippen molar-refractivity contribution in [1.29, 1.82) is 0 Å². The second-order valence-corrected chi connectivity index (χ2v) is 7.19. The fourth-order valence-corrected chi connectivity index (χ4v) is 3.53. The monoisotopic (exact) mass is 330 g/mol. The third-order valence-corrected chi connectivity index (χ3v) is 5.36. The lowest BCUT2D eigenvalue weighted by Gasteiger charge is -2.06. The number of amides is 1. The van der Waals surface area contributed by atoms with E-state index in [4.69, 9.17) is 11.6 Å². The zero-order chi connectivity index (χ0) is 14.6. The number of halogens is 1. The second kappa shape index (κ2) is 6.36. The average molecular weight is 331 g/mol. The van der Waals surface area contributed by atoms with E-state index in [1.54, 1.807) is 35.7 Å². The number of thiophene rings is 1. The van der Waals surface area contributed by atoms with E-state index in [-0.39, 0.29) is 10.8 Å². The maximum atomic E-state index is 11.8. The molecule has 2 N–H and O–H groups in total. The van der Waals surface area contributed by atoms with Crippen molar-refractivity contribution in [3.05, 3.63) is 46.8 Å². The molecule has 1 amide bonds. The van der Waals surface area contributed by atoms with Crippen LogP contribution in [-0.2, 0) is 14.8 Å². The van der Waals surface area contributed by atoms with Crippen molar-refractivity contribution in [2.24, 2.45) is 0 Å². The van der Waals surface area contributed by atoms with Gasteiger partial charge in [-0.25, -0.2) is 13.1 Å². The normalized spacial score (nSPS) is 11.2. The van der Waals surface area contributed by atoms with Crippen LogP contribution in [0.15, 0.2) is 46.0 Å². The quantitative estimate of drug-likeness (QED) is 0.883. The number of benzene rings is 1. The van der Waals surface area contributed by atoms with E-state index in [1.807, 2.05) is 0 Å². The zero-order valence-corrected chi connectivity index (χ0v) is 12.6. The highest BCUT2D eigenvalue weighted by Crippen LogP contribution is 2.15. The van der Waals surface area contributed by atoms with Gasteiger partial charge < -0.3 is 5.32 Å². The summed E-state index contributed by atoms with van der Waals surface area (Å²) in [6.45, 7) is -0.330. The van der Waals surface area contributed by atoms with Crippen molar-refractivity contribution in [2.45, 2.75) is 4.21 Å². The molecule has 0 atom stereocenters. The summed E-state index contributed by atoms with van der Waals surface area (Å²) in [4.78, 5) is 11.6. The first-order chi connectivity index (χ1) is 9.47. The number of anilines is 1. The molecule has 1 aromatic heterocycles. The molecule has 0 spiro atoms. The van der Waals surface area contributed by atoms with Gasteiger partial charge in [-0.15, -0.1) is 11.3 Å². The SMILES string of the molecule is O=C(CNS(=O)(=O)c1cccs1)Nc1ccc(Cl)cc1. The Balaban J connectivity index is 1.91. The number of hydrogen-bond donors (Lipinski definition) is 2. The highest BCUT2D eigenvalue weighted by atomic mass is 35.5. The molecule has 0 saturated carbocycles. The summed E-state index contributed by atoms with van der Waals surface area (Å²) in [6.07, 6.45) is 0. The van der Waals surface area contributed by atoms with Crippen LogP contribution >= 0.6 is 22.9 Å². The first kappa shape index (κ1) is 15.0. The summed E-state index contributed by atoms with van der Waals surface area (Å²) in [5.74, 6) is -0.451. The van der Waals surface area contributed by atoms with Crippen LogP contribution in [0, 0.1) is 0 Å². The van der Waals surface area contributed by atoms with Crippen LogP contribution < -0.4 is 10.0 Å². The minimum Gasteiger partial charge on any atom is -0.325 e. The molecule has 20 heavy (non-hydrogen) atoms. The number of hydrogen-bond acceptors (Lipinski definition) is 4. The van der Waals surface area contributed by atoms with E-state index in [2.05, 4.69) is 10.0 Å². The minimum absolute atomic E-state index is 0.178. The Bertz CT molecular complexity index is 682. The van der Waals surface area contributed by atoms with Gasteiger partial charge in [0.1, 0.15) is 4.21 Å². The highest BCUT2D eigenvalue weighted by Gasteiger charge is 2.16. The van der Waals surface area contributed by atoms with Crippen LogP contribution in [0.2, 0.25) is 5.02 Å². The fraction of sp³-hybridized carbons (Fsp3) is 0.0833. The molecule has 0 aliphatic heterocycles. The van der Waals surface area contributed by atoms with Gasteiger partial charge in [0, 0.05) is 10.7 Å². The third kappa shape index (κ3) is 4.04. The van der Waals surface area contributed by atoms with E-state index in [0.717, 1.165) is 11.3 Å². The van der Waals surface area contributed by atoms with Crippen LogP contribution in [0.4, 0.5) is 5.69 Å². The Morgan fingerprint density at radius 1 is 1.20 bits per heavy atom. The number of rotatable bonds is 5. The molecule has 2 aromatic rings. The molecule has 106 valence electrons. The van der Waals surface area contributed by atoms with Gasteiger partial charge >= 0.3 is 0 Å². The van der Waals surface area contributed by atoms with Crippen LogP contribution in [0.3, 0.4) is 0 Å². The molecule has 0 aliphatic carbocycles. The van der Waals surface area contributed by atoms with Gasteiger partial charge in [0.05, 0.1) is 6.54 Å². The van der Waals surface area contributed by atoms with Gasteiger partial charge in [-0.2, -0.15) is 0 Å². The Morgan fingerprint density at radius 3 is 2.50 bits per heavy atom. The molecule has 0 unspecified atom stereocenters. The lowest BCUT2D eigenvalue weighted by atomic mass is 10.3. The Hall–Kier alpha value is -1.41. The maximum absolute atomic E-state index is 11.8. The first-order valence-corrected chi connectivity index (χ1v) is 8.30. The molecule has 0 fully saturated rings. The molecule has 5 nitrogen and oxygen atoms in total.